The quantitative estimate of drug-likeness (QED) is 0.669. The van der Waals surface area contributed by atoms with Crippen LogP contribution < -0.4 is 4.74 Å². The number of nitrogens with zero attached hydrogens (tertiary/aromatic N) is 2. The molecule has 0 spiro atoms. The molecule has 1 heterocycles. The summed E-state index contributed by atoms with van der Waals surface area (Å²) in [6, 6.07) is 0. The standard InChI is InChI=1S/C12H22N2O4/c1-4-14-12(11(17-3)9-13-14)10(15)5-6-18-8-7-16-2/h9-10,15H,4-8H2,1-3H3. The highest BCUT2D eigenvalue weighted by atomic mass is 16.5. The smallest absolute Gasteiger partial charge is 0.162 e. The second kappa shape index (κ2) is 8.07. The molecule has 0 aromatic carbocycles. The fraction of sp³-hybridized carbons (Fsp3) is 0.750. The summed E-state index contributed by atoms with van der Waals surface area (Å²) in [5.41, 5.74) is 0.704. The Balaban J connectivity index is 2.49. The molecule has 1 N–H and O–H groups in total. The van der Waals surface area contributed by atoms with Gasteiger partial charge in [0, 0.05) is 26.7 Å². The molecule has 0 bridgehead atoms. The number of aliphatic hydroxyl groups excluding tert-OH is 1. The van der Waals surface area contributed by atoms with E-state index in [9.17, 15) is 5.11 Å². The van der Waals surface area contributed by atoms with Crippen LogP contribution in [0.5, 0.6) is 5.75 Å². The van der Waals surface area contributed by atoms with Crippen LogP contribution in [0.2, 0.25) is 0 Å². The first kappa shape index (κ1) is 14.9. The third kappa shape index (κ3) is 3.97. The Morgan fingerprint density at radius 2 is 2.11 bits per heavy atom. The van der Waals surface area contributed by atoms with Gasteiger partial charge in [-0.05, 0) is 6.92 Å². The summed E-state index contributed by atoms with van der Waals surface area (Å²) >= 11 is 0. The van der Waals surface area contributed by atoms with Gasteiger partial charge in [-0.1, -0.05) is 0 Å². The zero-order chi connectivity index (χ0) is 13.4. The molecule has 1 aromatic heterocycles. The Bertz CT molecular complexity index is 319. The Labute approximate surface area is 107 Å². The van der Waals surface area contributed by atoms with Crippen molar-refractivity contribution in [2.45, 2.75) is 26.0 Å². The van der Waals surface area contributed by atoms with Gasteiger partial charge in [0.05, 0.1) is 26.5 Å². The van der Waals surface area contributed by atoms with E-state index in [1.54, 1.807) is 25.1 Å². The number of ether oxygens (including phenoxy) is 3. The van der Waals surface area contributed by atoms with Gasteiger partial charge in [0.2, 0.25) is 0 Å². The molecule has 6 nitrogen and oxygen atoms in total. The Morgan fingerprint density at radius 3 is 2.72 bits per heavy atom. The Morgan fingerprint density at radius 1 is 1.33 bits per heavy atom. The zero-order valence-corrected chi connectivity index (χ0v) is 11.3. The average Bonchev–Trinajstić information content (AvgIpc) is 2.81. The molecule has 0 amide bonds. The van der Waals surface area contributed by atoms with E-state index in [4.69, 9.17) is 14.2 Å². The number of methoxy groups -OCH3 is 2. The maximum atomic E-state index is 10.1. The first-order valence-corrected chi connectivity index (χ1v) is 6.09. The normalized spacial score (nSPS) is 12.7. The third-order valence-electron chi connectivity index (χ3n) is 2.65. The van der Waals surface area contributed by atoms with Crippen LogP contribution in [-0.4, -0.2) is 48.9 Å². The average molecular weight is 258 g/mol. The molecule has 1 atom stereocenters. The fourth-order valence-electron chi connectivity index (χ4n) is 1.70. The summed E-state index contributed by atoms with van der Waals surface area (Å²) in [5, 5.41) is 14.3. The molecule has 0 saturated heterocycles. The van der Waals surface area contributed by atoms with Gasteiger partial charge in [-0.2, -0.15) is 5.10 Å². The van der Waals surface area contributed by atoms with Crippen molar-refractivity contribution < 1.29 is 19.3 Å². The molecule has 0 radical (unpaired) electrons. The number of aliphatic hydroxyl groups is 1. The third-order valence-corrected chi connectivity index (χ3v) is 2.65. The minimum atomic E-state index is -0.634. The van der Waals surface area contributed by atoms with Gasteiger partial charge < -0.3 is 19.3 Å². The van der Waals surface area contributed by atoms with Crippen molar-refractivity contribution in [3.8, 4) is 5.75 Å². The minimum absolute atomic E-state index is 0.475. The number of aromatic nitrogens is 2. The first-order valence-electron chi connectivity index (χ1n) is 6.09. The number of rotatable bonds is 9. The molecular formula is C12H22N2O4. The van der Waals surface area contributed by atoms with Crippen molar-refractivity contribution in [2.75, 3.05) is 34.0 Å². The van der Waals surface area contributed by atoms with Crippen molar-refractivity contribution in [3.63, 3.8) is 0 Å². The van der Waals surface area contributed by atoms with Gasteiger partial charge in [0.1, 0.15) is 11.8 Å². The lowest BCUT2D eigenvalue weighted by molar-refractivity contribution is 0.0451. The highest BCUT2D eigenvalue weighted by molar-refractivity contribution is 5.27. The van der Waals surface area contributed by atoms with Gasteiger partial charge in [-0.3, -0.25) is 4.68 Å². The Kier molecular flexibility index (Phi) is 6.70. The predicted octanol–water partition coefficient (Wildman–Crippen LogP) is 0.998. The predicted molar refractivity (Wildman–Crippen MR) is 66.7 cm³/mol. The van der Waals surface area contributed by atoms with E-state index in [1.807, 2.05) is 6.92 Å². The van der Waals surface area contributed by atoms with Crippen LogP contribution in [0, 0.1) is 0 Å². The monoisotopic (exact) mass is 258 g/mol. The van der Waals surface area contributed by atoms with Gasteiger partial charge in [0.15, 0.2) is 5.75 Å². The van der Waals surface area contributed by atoms with Crippen molar-refractivity contribution in [2.24, 2.45) is 0 Å². The van der Waals surface area contributed by atoms with E-state index < -0.39 is 6.10 Å². The van der Waals surface area contributed by atoms with Crippen molar-refractivity contribution >= 4 is 0 Å². The van der Waals surface area contributed by atoms with E-state index in [2.05, 4.69) is 5.10 Å². The lowest BCUT2D eigenvalue weighted by Gasteiger charge is -2.14. The molecule has 104 valence electrons. The van der Waals surface area contributed by atoms with E-state index in [-0.39, 0.29) is 0 Å². The van der Waals surface area contributed by atoms with Crippen LogP contribution in [0.15, 0.2) is 6.20 Å². The first-order chi connectivity index (χ1) is 8.74. The zero-order valence-electron chi connectivity index (χ0n) is 11.3. The largest absolute Gasteiger partial charge is 0.493 e. The SMILES string of the molecule is CCn1ncc(OC)c1C(O)CCOCCOC. The fourth-order valence-corrected chi connectivity index (χ4v) is 1.70. The van der Waals surface area contributed by atoms with E-state index in [1.165, 1.54) is 0 Å². The maximum Gasteiger partial charge on any atom is 0.162 e. The van der Waals surface area contributed by atoms with Crippen LogP contribution in [0.1, 0.15) is 25.1 Å². The summed E-state index contributed by atoms with van der Waals surface area (Å²) in [7, 11) is 3.20. The maximum absolute atomic E-state index is 10.1. The molecule has 1 rings (SSSR count). The van der Waals surface area contributed by atoms with Crippen molar-refractivity contribution in [3.05, 3.63) is 11.9 Å². The van der Waals surface area contributed by atoms with Crippen LogP contribution >= 0.6 is 0 Å². The number of aryl methyl sites for hydroxylation is 1. The highest BCUT2D eigenvalue weighted by Gasteiger charge is 2.18. The molecule has 0 fully saturated rings. The number of hydrogen-bond donors (Lipinski definition) is 1. The lowest BCUT2D eigenvalue weighted by Crippen LogP contribution is -2.12. The lowest BCUT2D eigenvalue weighted by atomic mass is 10.2. The van der Waals surface area contributed by atoms with Crippen LogP contribution in [0.4, 0.5) is 0 Å². The Hall–Kier alpha value is -1.11. The summed E-state index contributed by atoms with van der Waals surface area (Å²) in [6.45, 7) is 4.24. The molecule has 1 aromatic rings. The van der Waals surface area contributed by atoms with Crippen molar-refractivity contribution in [1.29, 1.82) is 0 Å². The van der Waals surface area contributed by atoms with E-state index >= 15 is 0 Å². The molecule has 1 unspecified atom stereocenters. The molecular weight excluding hydrogens is 236 g/mol. The topological polar surface area (TPSA) is 65.7 Å². The minimum Gasteiger partial charge on any atom is -0.493 e. The van der Waals surface area contributed by atoms with E-state index in [0.29, 0.717) is 44.2 Å². The summed E-state index contributed by atoms with van der Waals surface area (Å²) in [5.74, 6) is 0.612. The molecule has 0 aliphatic rings. The van der Waals surface area contributed by atoms with E-state index in [0.717, 1.165) is 0 Å². The van der Waals surface area contributed by atoms with Gasteiger partial charge in [-0.15, -0.1) is 0 Å². The van der Waals surface area contributed by atoms with Crippen LogP contribution in [-0.2, 0) is 16.0 Å². The van der Waals surface area contributed by atoms with Crippen LogP contribution in [0.25, 0.3) is 0 Å². The van der Waals surface area contributed by atoms with Crippen molar-refractivity contribution in [1.82, 2.24) is 9.78 Å². The van der Waals surface area contributed by atoms with Gasteiger partial charge in [-0.25, -0.2) is 0 Å². The van der Waals surface area contributed by atoms with Gasteiger partial charge >= 0.3 is 0 Å². The van der Waals surface area contributed by atoms with Crippen LogP contribution in [0.3, 0.4) is 0 Å². The highest BCUT2D eigenvalue weighted by Crippen LogP contribution is 2.26. The summed E-state index contributed by atoms with van der Waals surface area (Å²) in [6.07, 6.45) is 1.49. The molecule has 0 aliphatic heterocycles. The molecule has 6 heteroatoms. The summed E-state index contributed by atoms with van der Waals surface area (Å²) < 4.78 is 17.1. The second-order valence-electron chi connectivity index (χ2n) is 3.82. The molecule has 0 saturated carbocycles. The summed E-state index contributed by atoms with van der Waals surface area (Å²) in [4.78, 5) is 0. The van der Waals surface area contributed by atoms with Gasteiger partial charge in [0.25, 0.3) is 0 Å². The molecule has 18 heavy (non-hydrogen) atoms. The number of hydrogen-bond acceptors (Lipinski definition) is 5. The molecule has 0 aliphatic carbocycles. The second-order valence-corrected chi connectivity index (χ2v) is 3.82.